The standard InChI is InChI=1S/C11H23NO/c1-12-10-8-6-4-2-3-5-7-9-11-13/h11-12H,2-10H2,1H3. The highest BCUT2D eigenvalue weighted by Crippen LogP contribution is 2.07. The predicted molar refractivity (Wildman–Crippen MR) is 56.9 cm³/mol. The topological polar surface area (TPSA) is 29.1 Å². The van der Waals surface area contributed by atoms with Gasteiger partial charge in [0.1, 0.15) is 6.29 Å². The molecule has 0 fully saturated rings. The highest BCUT2D eigenvalue weighted by Gasteiger charge is 1.90. The van der Waals surface area contributed by atoms with Gasteiger partial charge in [0.25, 0.3) is 0 Å². The molecule has 0 aliphatic carbocycles. The first kappa shape index (κ1) is 12.6. The summed E-state index contributed by atoms with van der Waals surface area (Å²) in [4.78, 5) is 10.0. The maximum absolute atomic E-state index is 10.0. The van der Waals surface area contributed by atoms with Gasteiger partial charge in [0, 0.05) is 6.42 Å². The first-order valence-corrected chi connectivity index (χ1v) is 5.50. The Balaban J connectivity index is 2.79. The Morgan fingerprint density at radius 1 is 0.923 bits per heavy atom. The minimum absolute atomic E-state index is 0.750. The molecule has 0 bridgehead atoms. The number of rotatable bonds is 10. The number of carbonyl (C=O) groups excluding carboxylic acids is 1. The van der Waals surface area contributed by atoms with Crippen LogP contribution in [0.4, 0.5) is 0 Å². The van der Waals surface area contributed by atoms with Crippen LogP contribution in [0, 0.1) is 0 Å². The first-order valence-electron chi connectivity index (χ1n) is 5.50. The lowest BCUT2D eigenvalue weighted by molar-refractivity contribution is -0.107. The third kappa shape index (κ3) is 11.6. The fourth-order valence-corrected chi connectivity index (χ4v) is 1.41. The van der Waals surface area contributed by atoms with Crippen LogP contribution in [0.1, 0.15) is 51.4 Å². The Hall–Kier alpha value is -0.370. The summed E-state index contributed by atoms with van der Waals surface area (Å²) in [5.41, 5.74) is 0. The van der Waals surface area contributed by atoms with E-state index >= 15 is 0 Å². The van der Waals surface area contributed by atoms with Crippen LogP contribution in [0.15, 0.2) is 0 Å². The maximum atomic E-state index is 10.0. The number of nitrogens with one attached hydrogen (secondary N) is 1. The molecule has 0 aliphatic heterocycles. The van der Waals surface area contributed by atoms with Gasteiger partial charge in [-0.15, -0.1) is 0 Å². The van der Waals surface area contributed by atoms with E-state index < -0.39 is 0 Å². The molecule has 0 rings (SSSR count). The molecule has 0 radical (unpaired) electrons. The number of hydrogen-bond acceptors (Lipinski definition) is 2. The molecule has 0 amide bonds. The third-order valence-electron chi connectivity index (χ3n) is 2.25. The van der Waals surface area contributed by atoms with Crippen molar-refractivity contribution in [3.63, 3.8) is 0 Å². The van der Waals surface area contributed by atoms with Gasteiger partial charge in [-0.1, -0.05) is 32.1 Å². The van der Waals surface area contributed by atoms with Crippen molar-refractivity contribution in [3.05, 3.63) is 0 Å². The second-order valence-corrected chi connectivity index (χ2v) is 3.53. The highest BCUT2D eigenvalue weighted by molar-refractivity contribution is 5.48. The van der Waals surface area contributed by atoms with E-state index in [0.717, 1.165) is 25.7 Å². The zero-order chi connectivity index (χ0) is 9.78. The van der Waals surface area contributed by atoms with E-state index in [1.807, 2.05) is 7.05 Å². The first-order chi connectivity index (χ1) is 6.41. The molecule has 0 aromatic heterocycles. The second kappa shape index (κ2) is 11.6. The van der Waals surface area contributed by atoms with E-state index in [-0.39, 0.29) is 0 Å². The number of unbranched alkanes of at least 4 members (excludes halogenated alkanes) is 7. The molecular formula is C11H23NO. The molecule has 0 saturated heterocycles. The van der Waals surface area contributed by atoms with Crippen molar-refractivity contribution in [2.45, 2.75) is 51.4 Å². The average Bonchev–Trinajstić information content (AvgIpc) is 2.16. The molecule has 0 aliphatic rings. The molecule has 0 saturated carbocycles. The van der Waals surface area contributed by atoms with Crippen LogP contribution in [-0.2, 0) is 4.79 Å². The van der Waals surface area contributed by atoms with Crippen molar-refractivity contribution in [2.24, 2.45) is 0 Å². The lowest BCUT2D eigenvalue weighted by Gasteiger charge is -2.00. The largest absolute Gasteiger partial charge is 0.320 e. The van der Waals surface area contributed by atoms with Gasteiger partial charge in [-0.05, 0) is 26.4 Å². The molecule has 0 heterocycles. The van der Waals surface area contributed by atoms with Gasteiger partial charge in [-0.25, -0.2) is 0 Å². The normalized spacial score (nSPS) is 10.2. The monoisotopic (exact) mass is 185 g/mol. The van der Waals surface area contributed by atoms with Gasteiger partial charge in [0.15, 0.2) is 0 Å². The molecule has 2 nitrogen and oxygen atoms in total. The van der Waals surface area contributed by atoms with E-state index in [9.17, 15) is 4.79 Å². The third-order valence-corrected chi connectivity index (χ3v) is 2.25. The molecule has 1 N–H and O–H groups in total. The van der Waals surface area contributed by atoms with Crippen LogP contribution in [0.25, 0.3) is 0 Å². The zero-order valence-corrected chi connectivity index (χ0v) is 8.85. The Kier molecular flexibility index (Phi) is 11.3. The Bertz CT molecular complexity index is 104. The van der Waals surface area contributed by atoms with E-state index in [2.05, 4.69) is 5.32 Å². The number of carbonyl (C=O) groups is 1. The smallest absolute Gasteiger partial charge is 0.119 e. The van der Waals surface area contributed by atoms with Crippen molar-refractivity contribution in [2.75, 3.05) is 13.6 Å². The number of aldehydes is 1. The van der Waals surface area contributed by atoms with Gasteiger partial charge in [-0.3, -0.25) is 0 Å². The Morgan fingerprint density at radius 3 is 2.00 bits per heavy atom. The molecule has 0 spiro atoms. The quantitative estimate of drug-likeness (QED) is 0.418. The Labute approximate surface area is 82.1 Å². The van der Waals surface area contributed by atoms with Crippen LogP contribution in [-0.4, -0.2) is 19.9 Å². The second-order valence-electron chi connectivity index (χ2n) is 3.53. The zero-order valence-electron chi connectivity index (χ0n) is 8.85. The molecule has 0 aromatic carbocycles. The molecule has 0 aromatic rings. The van der Waals surface area contributed by atoms with E-state index in [4.69, 9.17) is 0 Å². The summed E-state index contributed by atoms with van der Waals surface area (Å²) in [6.07, 6.45) is 10.7. The molecule has 13 heavy (non-hydrogen) atoms. The van der Waals surface area contributed by atoms with Gasteiger partial charge in [0.05, 0.1) is 0 Å². The SMILES string of the molecule is CNCCCCCCCCCC=O. The van der Waals surface area contributed by atoms with E-state index in [0.29, 0.717) is 0 Å². The van der Waals surface area contributed by atoms with E-state index in [1.165, 1.54) is 38.5 Å². The van der Waals surface area contributed by atoms with Crippen molar-refractivity contribution in [1.82, 2.24) is 5.32 Å². The fraction of sp³-hybridized carbons (Fsp3) is 0.909. The van der Waals surface area contributed by atoms with Gasteiger partial charge >= 0.3 is 0 Å². The van der Waals surface area contributed by atoms with Crippen molar-refractivity contribution in [1.29, 1.82) is 0 Å². The summed E-state index contributed by atoms with van der Waals surface area (Å²) >= 11 is 0. The summed E-state index contributed by atoms with van der Waals surface area (Å²) in [5, 5.41) is 3.15. The van der Waals surface area contributed by atoms with Crippen molar-refractivity contribution < 1.29 is 4.79 Å². The summed E-state index contributed by atoms with van der Waals surface area (Å²) < 4.78 is 0. The van der Waals surface area contributed by atoms with Crippen LogP contribution >= 0.6 is 0 Å². The van der Waals surface area contributed by atoms with Crippen molar-refractivity contribution in [3.8, 4) is 0 Å². The summed E-state index contributed by atoms with van der Waals surface area (Å²) in [7, 11) is 2.00. The van der Waals surface area contributed by atoms with Gasteiger partial charge in [0.2, 0.25) is 0 Å². The van der Waals surface area contributed by atoms with Crippen LogP contribution in [0.3, 0.4) is 0 Å². The number of hydrogen-bond donors (Lipinski definition) is 1. The summed E-state index contributed by atoms with van der Waals surface area (Å²) in [6, 6.07) is 0. The molecule has 0 atom stereocenters. The average molecular weight is 185 g/mol. The van der Waals surface area contributed by atoms with E-state index in [1.54, 1.807) is 0 Å². The maximum Gasteiger partial charge on any atom is 0.119 e. The van der Waals surface area contributed by atoms with Crippen molar-refractivity contribution >= 4 is 6.29 Å². The van der Waals surface area contributed by atoms with Crippen LogP contribution in [0.2, 0.25) is 0 Å². The molecule has 0 unspecified atom stereocenters. The Morgan fingerprint density at radius 2 is 1.46 bits per heavy atom. The summed E-state index contributed by atoms with van der Waals surface area (Å²) in [6.45, 7) is 1.14. The highest BCUT2D eigenvalue weighted by atomic mass is 16.1. The van der Waals surface area contributed by atoms with Crippen LogP contribution in [0.5, 0.6) is 0 Å². The lowest BCUT2D eigenvalue weighted by Crippen LogP contribution is -2.06. The fourth-order valence-electron chi connectivity index (χ4n) is 1.41. The lowest BCUT2D eigenvalue weighted by atomic mass is 10.1. The van der Waals surface area contributed by atoms with Gasteiger partial charge in [-0.2, -0.15) is 0 Å². The predicted octanol–water partition coefficient (Wildman–Crippen LogP) is 2.53. The minimum atomic E-state index is 0.750. The minimum Gasteiger partial charge on any atom is -0.320 e. The molecular weight excluding hydrogens is 162 g/mol. The van der Waals surface area contributed by atoms with Gasteiger partial charge < -0.3 is 10.1 Å². The molecule has 2 heteroatoms. The summed E-state index contributed by atoms with van der Waals surface area (Å²) in [5.74, 6) is 0. The van der Waals surface area contributed by atoms with Crippen LogP contribution < -0.4 is 5.32 Å². The molecule has 78 valence electrons.